The molecule has 0 radical (unpaired) electrons. The molecule has 88 valence electrons. The lowest BCUT2D eigenvalue weighted by Gasteiger charge is -2.21. The standard InChI is InChI=1S/C13H18O3/c1-10(11-8-6-5-7-9-11)15-12(14)16-13(2,3)4/h5-10H,1-4H3. The Morgan fingerprint density at radius 1 is 1.19 bits per heavy atom. The van der Waals surface area contributed by atoms with E-state index in [2.05, 4.69) is 0 Å². The normalized spacial score (nSPS) is 13.0. The van der Waals surface area contributed by atoms with E-state index in [1.54, 1.807) is 20.8 Å². The number of carbonyl (C=O) groups is 1. The summed E-state index contributed by atoms with van der Waals surface area (Å²) in [5.41, 5.74) is 0.432. The molecule has 0 aliphatic carbocycles. The quantitative estimate of drug-likeness (QED) is 0.716. The van der Waals surface area contributed by atoms with E-state index in [0.29, 0.717) is 0 Å². The second-order valence-corrected chi connectivity index (χ2v) is 4.64. The molecule has 0 saturated heterocycles. The lowest BCUT2D eigenvalue weighted by atomic mass is 10.1. The average molecular weight is 222 g/mol. The summed E-state index contributed by atoms with van der Waals surface area (Å²) in [6.45, 7) is 7.24. The summed E-state index contributed by atoms with van der Waals surface area (Å²) in [5.74, 6) is 0. The predicted octanol–water partition coefficient (Wildman–Crippen LogP) is 3.70. The van der Waals surface area contributed by atoms with E-state index in [0.717, 1.165) is 5.56 Å². The first-order valence-electron chi connectivity index (χ1n) is 5.33. The maximum atomic E-state index is 11.4. The van der Waals surface area contributed by atoms with Crippen LogP contribution in [0.5, 0.6) is 0 Å². The predicted molar refractivity (Wildman–Crippen MR) is 62.2 cm³/mol. The molecule has 0 amide bonds. The largest absolute Gasteiger partial charge is 0.509 e. The van der Waals surface area contributed by atoms with Crippen LogP contribution in [0.1, 0.15) is 39.4 Å². The molecule has 0 saturated carbocycles. The van der Waals surface area contributed by atoms with Gasteiger partial charge in [-0.2, -0.15) is 0 Å². The molecule has 3 nitrogen and oxygen atoms in total. The molecule has 0 heterocycles. The Morgan fingerprint density at radius 3 is 2.25 bits per heavy atom. The molecular formula is C13H18O3. The Balaban J connectivity index is 2.52. The molecule has 1 atom stereocenters. The number of ether oxygens (including phenoxy) is 2. The van der Waals surface area contributed by atoms with Crippen LogP contribution in [-0.4, -0.2) is 11.8 Å². The van der Waals surface area contributed by atoms with Crippen molar-refractivity contribution in [2.45, 2.75) is 39.4 Å². The van der Waals surface area contributed by atoms with Crippen LogP contribution in [0.4, 0.5) is 4.79 Å². The third-order valence-corrected chi connectivity index (χ3v) is 1.93. The minimum absolute atomic E-state index is 0.295. The monoisotopic (exact) mass is 222 g/mol. The highest BCUT2D eigenvalue weighted by Gasteiger charge is 2.19. The Labute approximate surface area is 96.4 Å². The van der Waals surface area contributed by atoms with Gasteiger partial charge in [-0.3, -0.25) is 0 Å². The van der Waals surface area contributed by atoms with Crippen LogP contribution in [0.3, 0.4) is 0 Å². The topological polar surface area (TPSA) is 35.5 Å². The molecular weight excluding hydrogens is 204 g/mol. The zero-order valence-corrected chi connectivity index (χ0v) is 10.2. The first kappa shape index (κ1) is 12.6. The zero-order valence-electron chi connectivity index (χ0n) is 10.2. The fourth-order valence-electron chi connectivity index (χ4n) is 1.21. The summed E-state index contributed by atoms with van der Waals surface area (Å²) in [5, 5.41) is 0. The highest BCUT2D eigenvalue weighted by Crippen LogP contribution is 2.18. The Morgan fingerprint density at radius 2 is 1.75 bits per heavy atom. The van der Waals surface area contributed by atoms with Crippen LogP contribution in [-0.2, 0) is 9.47 Å². The molecule has 0 aliphatic rings. The molecule has 3 heteroatoms. The first-order valence-corrected chi connectivity index (χ1v) is 5.33. The fraction of sp³-hybridized carbons (Fsp3) is 0.462. The molecule has 1 aromatic rings. The Kier molecular flexibility index (Phi) is 3.93. The van der Waals surface area contributed by atoms with Gasteiger partial charge in [-0.25, -0.2) is 4.79 Å². The van der Waals surface area contributed by atoms with Crippen molar-refractivity contribution < 1.29 is 14.3 Å². The highest BCUT2D eigenvalue weighted by molar-refractivity contribution is 5.60. The molecule has 0 bridgehead atoms. The molecule has 16 heavy (non-hydrogen) atoms. The summed E-state index contributed by atoms with van der Waals surface area (Å²) in [6.07, 6.45) is -0.931. The van der Waals surface area contributed by atoms with E-state index in [9.17, 15) is 4.79 Å². The third kappa shape index (κ3) is 4.34. The number of hydrogen-bond donors (Lipinski definition) is 0. The van der Waals surface area contributed by atoms with Gasteiger partial charge >= 0.3 is 6.16 Å². The number of benzene rings is 1. The van der Waals surface area contributed by atoms with Crippen LogP contribution in [0.2, 0.25) is 0 Å². The van der Waals surface area contributed by atoms with Gasteiger partial charge in [-0.1, -0.05) is 30.3 Å². The van der Waals surface area contributed by atoms with E-state index >= 15 is 0 Å². The molecule has 0 N–H and O–H groups in total. The number of carbonyl (C=O) groups excluding carboxylic acids is 1. The summed E-state index contributed by atoms with van der Waals surface area (Å²) >= 11 is 0. The van der Waals surface area contributed by atoms with Gasteiger partial charge in [0.05, 0.1) is 0 Å². The lowest BCUT2D eigenvalue weighted by molar-refractivity contribution is -0.0238. The molecule has 1 unspecified atom stereocenters. The maximum Gasteiger partial charge on any atom is 0.509 e. The van der Waals surface area contributed by atoms with Gasteiger partial charge in [-0.15, -0.1) is 0 Å². The SMILES string of the molecule is CC(OC(=O)OC(C)(C)C)c1ccccc1. The molecule has 1 rings (SSSR count). The van der Waals surface area contributed by atoms with Crippen molar-refractivity contribution in [2.24, 2.45) is 0 Å². The minimum atomic E-state index is -0.635. The van der Waals surface area contributed by atoms with Crippen molar-refractivity contribution in [3.05, 3.63) is 35.9 Å². The Bertz CT molecular complexity index is 338. The van der Waals surface area contributed by atoms with Gasteiger partial charge in [0.2, 0.25) is 0 Å². The third-order valence-electron chi connectivity index (χ3n) is 1.93. The fourth-order valence-corrected chi connectivity index (χ4v) is 1.21. The maximum absolute atomic E-state index is 11.4. The summed E-state index contributed by atoms with van der Waals surface area (Å²) in [7, 11) is 0. The van der Waals surface area contributed by atoms with Crippen molar-refractivity contribution in [1.82, 2.24) is 0 Å². The summed E-state index contributed by atoms with van der Waals surface area (Å²) < 4.78 is 10.2. The summed E-state index contributed by atoms with van der Waals surface area (Å²) in [4.78, 5) is 11.4. The first-order chi connectivity index (χ1) is 7.38. The van der Waals surface area contributed by atoms with Crippen molar-refractivity contribution in [2.75, 3.05) is 0 Å². The number of rotatable bonds is 2. The van der Waals surface area contributed by atoms with Crippen molar-refractivity contribution in [3.63, 3.8) is 0 Å². The van der Waals surface area contributed by atoms with Crippen LogP contribution in [0.15, 0.2) is 30.3 Å². The molecule has 0 aromatic heterocycles. The van der Waals surface area contributed by atoms with Gasteiger partial charge in [-0.05, 0) is 33.3 Å². The van der Waals surface area contributed by atoms with Crippen molar-refractivity contribution in [1.29, 1.82) is 0 Å². The van der Waals surface area contributed by atoms with Crippen LogP contribution >= 0.6 is 0 Å². The Hall–Kier alpha value is -1.51. The van der Waals surface area contributed by atoms with E-state index in [-0.39, 0.29) is 6.10 Å². The van der Waals surface area contributed by atoms with E-state index in [1.807, 2.05) is 37.3 Å². The lowest BCUT2D eigenvalue weighted by Crippen LogP contribution is -2.25. The molecule has 0 aliphatic heterocycles. The zero-order chi connectivity index (χ0) is 12.2. The van der Waals surface area contributed by atoms with Gasteiger partial charge < -0.3 is 9.47 Å². The average Bonchev–Trinajstić information content (AvgIpc) is 2.16. The van der Waals surface area contributed by atoms with E-state index < -0.39 is 11.8 Å². The molecule has 1 aromatic carbocycles. The van der Waals surface area contributed by atoms with Gasteiger partial charge in [0.15, 0.2) is 0 Å². The van der Waals surface area contributed by atoms with Crippen molar-refractivity contribution >= 4 is 6.16 Å². The van der Waals surface area contributed by atoms with Gasteiger partial charge in [0.25, 0.3) is 0 Å². The van der Waals surface area contributed by atoms with Crippen molar-refractivity contribution in [3.8, 4) is 0 Å². The smallest absolute Gasteiger partial charge is 0.429 e. The molecule has 0 fully saturated rings. The second kappa shape index (κ2) is 5.01. The van der Waals surface area contributed by atoms with E-state index in [4.69, 9.17) is 9.47 Å². The molecule has 0 spiro atoms. The highest BCUT2D eigenvalue weighted by atomic mass is 16.7. The van der Waals surface area contributed by atoms with E-state index in [1.165, 1.54) is 0 Å². The van der Waals surface area contributed by atoms with Crippen LogP contribution < -0.4 is 0 Å². The number of hydrogen-bond acceptors (Lipinski definition) is 3. The van der Waals surface area contributed by atoms with Crippen LogP contribution in [0, 0.1) is 0 Å². The summed E-state index contributed by atoms with van der Waals surface area (Å²) in [6, 6.07) is 9.56. The minimum Gasteiger partial charge on any atom is -0.429 e. The van der Waals surface area contributed by atoms with Gasteiger partial charge in [0, 0.05) is 0 Å². The second-order valence-electron chi connectivity index (χ2n) is 4.64. The van der Waals surface area contributed by atoms with Crippen LogP contribution in [0.25, 0.3) is 0 Å². The van der Waals surface area contributed by atoms with Gasteiger partial charge in [0.1, 0.15) is 11.7 Å².